The lowest BCUT2D eigenvalue weighted by atomic mass is 10.2. The van der Waals surface area contributed by atoms with E-state index in [1.54, 1.807) is 36.6 Å². The van der Waals surface area contributed by atoms with E-state index in [9.17, 15) is 4.79 Å². The number of rotatable bonds is 7. The standard InChI is InChI=1S/C20H20ClN3O2S/c1-24(11-16-13-27-20(22-16)14-6-4-3-5-7-14)12-19(25)23-17-10-15(21)8-9-18(17)26-2/h3-10,13H,11-12H2,1-2H3,(H,23,25). The molecular formula is C20H20ClN3O2S. The van der Waals surface area contributed by atoms with Crippen molar-refractivity contribution in [3.8, 4) is 16.3 Å². The van der Waals surface area contributed by atoms with E-state index in [2.05, 4.69) is 10.3 Å². The van der Waals surface area contributed by atoms with Crippen LogP contribution in [0.4, 0.5) is 5.69 Å². The van der Waals surface area contributed by atoms with Crippen LogP contribution in [0.2, 0.25) is 5.02 Å². The summed E-state index contributed by atoms with van der Waals surface area (Å²) in [6, 6.07) is 15.2. The van der Waals surface area contributed by atoms with Crippen LogP contribution >= 0.6 is 22.9 Å². The molecule has 0 fully saturated rings. The van der Waals surface area contributed by atoms with Gasteiger partial charge < -0.3 is 10.1 Å². The summed E-state index contributed by atoms with van der Waals surface area (Å²) in [4.78, 5) is 18.9. The lowest BCUT2D eigenvalue weighted by molar-refractivity contribution is -0.117. The highest BCUT2D eigenvalue weighted by molar-refractivity contribution is 7.13. The van der Waals surface area contributed by atoms with Crippen LogP contribution in [-0.4, -0.2) is 36.5 Å². The molecule has 0 aliphatic rings. The molecule has 3 rings (SSSR count). The van der Waals surface area contributed by atoms with Gasteiger partial charge in [-0.05, 0) is 25.2 Å². The van der Waals surface area contributed by atoms with Gasteiger partial charge in [-0.1, -0.05) is 41.9 Å². The summed E-state index contributed by atoms with van der Waals surface area (Å²) in [5.41, 5.74) is 2.60. The maximum absolute atomic E-state index is 12.4. The third kappa shape index (κ3) is 5.29. The van der Waals surface area contributed by atoms with E-state index in [0.717, 1.165) is 16.3 Å². The summed E-state index contributed by atoms with van der Waals surface area (Å²) < 4.78 is 5.25. The topological polar surface area (TPSA) is 54.5 Å². The second-order valence-corrected chi connectivity index (χ2v) is 7.37. The molecule has 0 saturated heterocycles. The minimum Gasteiger partial charge on any atom is -0.495 e. The highest BCUT2D eigenvalue weighted by Crippen LogP contribution is 2.27. The largest absolute Gasteiger partial charge is 0.495 e. The number of ether oxygens (including phenoxy) is 1. The van der Waals surface area contributed by atoms with Crippen molar-refractivity contribution in [3.63, 3.8) is 0 Å². The quantitative estimate of drug-likeness (QED) is 0.631. The molecule has 140 valence electrons. The number of methoxy groups -OCH3 is 1. The third-order valence-corrected chi connectivity index (χ3v) is 5.03. The number of hydrogen-bond donors (Lipinski definition) is 1. The fraction of sp³-hybridized carbons (Fsp3) is 0.200. The monoisotopic (exact) mass is 401 g/mol. The van der Waals surface area contributed by atoms with Crippen LogP contribution in [0.25, 0.3) is 10.6 Å². The first kappa shape index (κ1) is 19.4. The summed E-state index contributed by atoms with van der Waals surface area (Å²) in [7, 11) is 3.44. The SMILES string of the molecule is COc1ccc(Cl)cc1NC(=O)CN(C)Cc1csc(-c2ccccc2)n1. The second kappa shape index (κ2) is 8.99. The molecule has 0 spiro atoms. The first-order valence-electron chi connectivity index (χ1n) is 8.37. The van der Waals surface area contributed by atoms with Gasteiger partial charge in [0, 0.05) is 22.5 Å². The molecule has 2 aromatic carbocycles. The number of nitrogens with zero attached hydrogens (tertiary/aromatic N) is 2. The number of carbonyl (C=O) groups excluding carboxylic acids is 1. The lowest BCUT2D eigenvalue weighted by Crippen LogP contribution is -2.30. The number of anilines is 1. The fourth-order valence-electron chi connectivity index (χ4n) is 2.64. The van der Waals surface area contributed by atoms with Gasteiger partial charge in [0.25, 0.3) is 0 Å². The van der Waals surface area contributed by atoms with Crippen LogP contribution < -0.4 is 10.1 Å². The zero-order chi connectivity index (χ0) is 19.2. The molecule has 0 unspecified atom stereocenters. The van der Waals surface area contributed by atoms with Gasteiger partial charge in [0.05, 0.1) is 25.0 Å². The predicted molar refractivity (Wildman–Crippen MR) is 111 cm³/mol. The van der Waals surface area contributed by atoms with Crippen molar-refractivity contribution >= 4 is 34.5 Å². The number of nitrogens with one attached hydrogen (secondary N) is 1. The molecule has 0 aliphatic carbocycles. The number of carbonyl (C=O) groups is 1. The Morgan fingerprint density at radius 1 is 1.26 bits per heavy atom. The minimum atomic E-state index is -0.142. The molecule has 1 aromatic heterocycles. The molecule has 3 aromatic rings. The van der Waals surface area contributed by atoms with E-state index in [1.165, 1.54) is 0 Å². The molecule has 0 saturated carbocycles. The number of aromatic nitrogens is 1. The zero-order valence-corrected chi connectivity index (χ0v) is 16.7. The molecule has 0 aliphatic heterocycles. The Morgan fingerprint density at radius 3 is 2.78 bits per heavy atom. The van der Waals surface area contributed by atoms with Crippen molar-refractivity contribution in [2.75, 3.05) is 26.0 Å². The zero-order valence-electron chi connectivity index (χ0n) is 15.1. The van der Waals surface area contributed by atoms with Gasteiger partial charge in [-0.3, -0.25) is 9.69 Å². The molecule has 1 heterocycles. The molecule has 7 heteroatoms. The minimum absolute atomic E-state index is 0.142. The van der Waals surface area contributed by atoms with Gasteiger partial charge in [-0.2, -0.15) is 0 Å². The Labute approximate surface area is 167 Å². The number of benzene rings is 2. The van der Waals surface area contributed by atoms with Crippen molar-refractivity contribution in [1.82, 2.24) is 9.88 Å². The average Bonchev–Trinajstić information content (AvgIpc) is 3.11. The smallest absolute Gasteiger partial charge is 0.238 e. The van der Waals surface area contributed by atoms with E-state index in [4.69, 9.17) is 16.3 Å². The Balaban J connectivity index is 1.58. The van der Waals surface area contributed by atoms with Gasteiger partial charge in [-0.15, -0.1) is 11.3 Å². The van der Waals surface area contributed by atoms with Gasteiger partial charge >= 0.3 is 0 Å². The van der Waals surface area contributed by atoms with Gasteiger partial charge in [0.2, 0.25) is 5.91 Å². The van der Waals surface area contributed by atoms with E-state index < -0.39 is 0 Å². The number of hydrogen-bond acceptors (Lipinski definition) is 5. The number of halogens is 1. The third-order valence-electron chi connectivity index (χ3n) is 3.85. The predicted octanol–water partition coefficient (Wildman–Crippen LogP) is 4.54. The van der Waals surface area contributed by atoms with Crippen LogP contribution in [-0.2, 0) is 11.3 Å². The first-order chi connectivity index (χ1) is 13.0. The Hall–Kier alpha value is -2.41. The molecule has 5 nitrogen and oxygen atoms in total. The van der Waals surface area contributed by atoms with Crippen LogP contribution in [0.1, 0.15) is 5.69 Å². The number of amides is 1. The highest BCUT2D eigenvalue weighted by Gasteiger charge is 2.12. The van der Waals surface area contributed by atoms with Crippen molar-refractivity contribution < 1.29 is 9.53 Å². The highest BCUT2D eigenvalue weighted by atomic mass is 35.5. The van der Waals surface area contributed by atoms with Crippen LogP contribution in [0.5, 0.6) is 5.75 Å². The van der Waals surface area contributed by atoms with E-state index in [0.29, 0.717) is 23.0 Å². The van der Waals surface area contributed by atoms with Gasteiger partial charge in [0.1, 0.15) is 10.8 Å². The average molecular weight is 402 g/mol. The second-order valence-electron chi connectivity index (χ2n) is 6.08. The Kier molecular flexibility index (Phi) is 6.45. The maximum atomic E-state index is 12.4. The summed E-state index contributed by atoms with van der Waals surface area (Å²) in [5, 5.41) is 6.38. The maximum Gasteiger partial charge on any atom is 0.238 e. The molecule has 0 atom stereocenters. The molecule has 1 N–H and O–H groups in total. The van der Waals surface area contributed by atoms with Crippen molar-refractivity contribution in [2.45, 2.75) is 6.54 Å². The summed E-state index contributed by atoms with van der Waals surface area (Å²) in [6.45, 7) is 0.817. The van der Waals surface area contributed by atoms with Crippen molar-refractivity contribution in [3.05, 3.63) is 64.6 Å². The molecular weight excluding hydrogens is 382 g/mol. The van der Waals surface area contributed by atoms with E-state index in [-0.39, 0.29) is 12.5 Å². The normalized spacial score (nSPS) is 10.8. The molecule has 0 bridgehead atoms. The van der Waals surface area contributed by atoms with Crippen LogP contribution in [0, 0.1) is 0 Å². The van der Waals surface area contributed by atoms with Crippen LogP contribution in [0.3, 0.4) is 0 Å². The fourth-order valence-corrected chi connectivity index (χ4v) is 3.63. The van der Waals surface area contributed by atoms with Crippen molar-refractivity contribution in [1.29, 1.82) is 0 Å². The molecule has 27 heavy (non-hydrogen) atoms. The number of likely N-dealkylation sites (N-methyl/N-ethyl adjacent to an activating group) is 1. The van der Waals surface area contributed by atoms with Gasteiger partial charge in [0.15, 0.2) is 0 Å². The molecule has 1 amide bonds. The van der Waals surface area contributed by atoms with Crippen molar-refractivity contribution in [2.24, 2.45) is 0 Å². The Morgan fingerprint density at radius 2 is 2.04 bits per heavy atom. The van der Waals surface area contributed by atoms with Gasteiger partial charge in [-0.25, -0.2) is 4.98 Å². The Bertz CT molecular complexity index is 915. The van der Waals surface area contributed by atoms with E-state index in [1.807, 2.05) is 47.7 Å². The van der Waals surface area contributed by atoms with Crippen LogP contribution in [0.15, 0.2) is 53.9 Å². The van der Waals surface area contributed by atoms with E-state index >= 15 is 0 Å². The first-order valence-corrected chi connectivity index (χ1v) is 9.62. The lowest BCUT2D eigenvalue weighted by Gasteiger charge is -2.16. The summed E-state index contributed by atoms with van der Waals surface area (Å²) >= 11 is 7.60. The molecule has 0 radical (unpaired) electrons. The number of thiazole rings is 1. The summed E-state index contributed by atoms with van der Waals surface area (Å²) in [5.74, 6) is 0.430. The summed E-state index contributed by atoms with van der Waals surface area (Å²) in [6.07, 6.45) is 0.